The van der Waals surface area contributed by atoms with E-state index in [0.29, 0.717) is 19.4 Å². The van der Waals surface area contributed by atoms with E-state index < -0.39 is 5.41 Å². The normalized spacial score (nSPS) is 25.9. The molecule has 1 aromatic heterocycles. The lowest BCUT2D eigenvalue weighted by Crippen LogP contribution is -2.41. The van der Waals surface area contributed by atoms with Crippen LogP contribution in [0.4, 0.5) is 0 Å². The second-order valence-electron chi connectivity index (χ2n) is 4.55. The molecule has 0 aromatic carbocycles. The predicted octanol–water partition coefficient (Wildman–Crippen LogP) is 2.76. The number of cyclic esters (lactones) is 1. The van der Waals surface area contributed by atoms with E-state index in [9.17, 15) is 9.59 Å². The van der Waals surface area contributed by atoms with E-state index in [-0.39, 0.29) is 11.8 Å². The average molecular weight is 264 g/mol. The molecule has 96 valence electrons. The minimum absolute atomic E-state index is 0.120. The van der Waals surface area contributed by atoms with Gasteiger partial charge in [-0.2, -0.15) is 11.3 Å². The Morgan fingerprint density at radius 2 is 2.33 bits per heavy atom. The lowest BCUT2D eigenvalue weighted by atomic mass is 9.75. The second-order valence-corrected chi connectivity index (χ2v) is 5.33. The van der Waals surface area contributed by atoms with E-state index in [2.05, 4.69) is 0 Å². The van der Waals surface area contributed by atoms with E-state index in [0.717, 1.165) is 12.0 Å². The molecule has 0 saturated heterocycles. The lowest BCUT2D eigenvalue weighted by Gasteiger charge is -2.28. The molecule has 3 nitrogen and oxygen atoms in total. The number of carbonyl (C=O) groups is 2. The molecule has 4 heteroatoms. The fourth-order valence-corrected chi connectivity index (χ4v) is 2.81. The first-order valence-corrected chi connectivity index (χ1v) is 6.94. The molecule has 0 amide bonds. The molecule has 0 saturated carbocycles. The van der Waals surface area contributed by atoms with Crippen LogP contribution in [0.15, 0.2) is 29.0 Å². The fraction of sp³-hybridized carbons (Fsp3) is 0.429. The summed E-state index contributed by atoms with van der Waals surface area (Å²) in [5.41, 5.74) is -0.0287. The smallest absolute Gasteiger partial charge is 0.320 e. The van der Waals surface area contributed by atoms with Crippen molar-refractivity contribution in [3.8, 4) is 0 Å². The van der Waals surface area contributed by atoms with E-state index in [4.69, 9.17) is 4.74 Å². The highest BCUT2D eigenvalue weighted by molar-refractivity contribution is 7.07. The van der Waals surface area contributed by atoms with Gasteiger partial charge in [0, 0.05) is 0 Å². The molecule has 1 aliphatic heterocycles. The molecule has 2 rings (SSSR count). The van der Waals surface area contributed by atoms with Gasteiger partial charge in [-0.1, -0.05) is 12.2 Å². The Morgan fingerprint density at radius 3 is 3.00 bits per heavy atom. The van der Waals surface area contributed by atoms with E-state index in [1.165, 1.54) is 6.92 Å². The maximum atomic E-state index is 12.2. The van der Waals surface area contributed by atoms with Crippen molar-refractivity contribution in [1.29, 1.82) is 0 Å². The van der Waals surface area contributed by atoms with Crippen molar-refractivity contribution in [3.05, 3.63) is 34.5 Å². The predicted molar refractivity (Wildman–Crippen MR) is 70.5 cm³/mol. The zero-order valence-electron chi connectivity index (χ0n) is 10.3. The summed E-state index contributed by atoms with van der Waals surface area (Å²) < 4.78 is 5.20. The highest BCUT2D eigenvalue weighted by Crippen LogP contribution is 2.32. The number of hydrogen-bond donors (Lipinski definition) is 0. The highest BCUT2D eigenvalue weighted by Gasteiger charge is 2.44. The fourth-order valence-electron chi connectivity index (χ4n) is 2.14. The Balaban J connectivity index is 2.33. The molecule has 0 N–H and O–H groups in total. The van der Waals surface area contributed by atoms with Crippen LogP contribution in [0.2, 0.25) is 0 Å². The number of Topliss-reactive ketones (excluding diaryl/α,β-unsaturated/α-hetero) is 1. The van der Waals surface area contributed by atoms with Crippen LogP contribution in [0.3, 0.4) is 0 Å². The number of ether oxygens (including phenoxy) is 1. The monoisotopic (exact) mass is 264 g/mol. The first-order chi connectivity index (χ1) is 8.65. The van der Waals surface area contributed by atoms with Gasteiger partial charge in [0.2, 0.25) is 0 Å². The first kappa shape index (κ1) is 13.0. The third-order valence-corrected chi connectivity index (χ3v) is 4.03. The van der Waals surface area contributed by atoms with Crippen LogP contribution in [0.25, 0.3) is 0 Å². The van der Waals surface area contributed by atoms with Gasteiger partial charge in [-0.3, -0.25) is 9.59 Å². The quantitative estimate of drug-likeness (QED) is 0.479. The van der Waals surface area contributed by atoms with Gasteiger partial charge >= 0.3 is 5.97 Å². The molecule has 1 aromatic rings. The number of ketones is 1. The maximum Gasteiger partial charge on any atom is 0.320 e. The van der Waals surface area contributed by atoms with Crippen LogP contribution >= 0.6 is 11.3 Å². The van der Waals surface area contributed by atoms with Crippen LogP contribution in [0.1, 0.15) is 25.3 Å². The SMILES string of the molecule is CC(=O)[C@@]1(Cc2ccsc2)C/C=C\CCOC1=O. The van der Waals surface area contributed by atoms with Crippen molar-refractivity contribution in [2.24, 2.45) is 5.41 Å². The van der Waals surface area contributed by atoms with Crippen molar-refractivity contribution >= 4 is 23.1 Å². The van der Waals surface area contributed by atoms with Gasteiger partial charge in [-0.05, 0) is 48.6 Å². The molecular weight excluding hydrogens is 248 g/mol. The Hall–Kier alpha value is -1.42. The van der Waals surface area contributed by atoms with Crippen molar-refractivity contribution in [3.63, 3.8) is 0 Å². The number of rotatable bonds is 3. The summed E-state index contributed by atoms with van der Waals surface area (Å²) >= 11 is 1.57. The summed E-state index contributed by atoms with van der Waals surface area (Å²) in [6.45, 7) is 1.83. The van der Waals surface area contributed by atoms with E-state index in [1.54, 1.807) is 11.3 Å². The first-order valence-electron chi connectivity index (χ1n) is 5.99. The van der Waals surface area contributed by atoms with E-state index in [1.807, 2.05) is 29.0 Å². The third-order valence-electron chi connectivity index (χ3n) is 3.30. The number of carbonyl (C=O) groups excluding carboxylic acids is 2. The topological polar surface area (TPSA) is 43.4 Å². The molecule has 1 aliphatic rings. The Bertz CT molecular complexity index is 461. The molecular formula is C14H16O3S. The van der Waals surface area contributed by atoms with Gasteiger partial charge in [-0.15, -0.1) is 0 Å². The molecule has 0 spiro atoms. The maximum absolute atomic E-state index is 12.2. The molecule has 2 heterocycles. The molecule has 18 heavy (non-hydrogen) atoms. The Morgan fingerprint density at radius 1 is 1.50 bits per heavy atom. The lowest BCUT2D eigenvalue weighted by molar-refractivity contribution is -0.160. The van der Waals surface area contributed by atoms with Gasteiger partial charge in [-0.25, -0.2) is 0 Å². The summed E-state index contributed by atoms with van der Waals surface area (Å²) in [7, 11) is 0. The Labute approximate surface area is 110 Å². The van der Waals surface area contributed by atoms with Crippen molar-refractivity contribution < 1.29 is 14.3 Å². The van der Waals surface area contributed by atoms with E-state index >= 15 is 0 Å². The number of thiophene rings is 1. The summed E-state index contributed by atoms with van der Waals surface area (Å²) in [6, 6.07) is 1.95. The largest absolute Gasteiger partial charge is 0.465 e. The Kier molecular flexibility index (Phi) is 3.97. The van der Waals surface area contributed by atoms with Crippen LogP contribution in [-0.2, 0) is 20.7 Å². The zero-order valence-corrected chi connectivity index (χ0v) is 11.2. The van der Waals surface area contributed by atoms with Crippen LogP contribution in [-0.4, -0.2) is 18.4 Å². The van der Waals surface area contributed by atoms with Crippen molar-refractivity contribution in [2.75, 3.05) is 6.61 Å². The molecule has 0 fully saturated rings. The molecule has 0 bridgehead atoms. The summed E-state index contributed by atoms with van der Waals surface area (Å²) in [4.78, 5) is 24.2. The van der Waals surface area contributed by atoms with Crippen LogP contribution in [0, 0.1) is 5.41 Å². The van der Waals surface area contributed by atoms with Gasteiger partial charge < -0.3 is 4.74 Å². The molecule has 0 aliphatic carbocycles. The average Bonchev–Trinajstić information content (AvgIpc) is 2.81. The van der Waals surface area contributed by atoms with Crippen LogP contribution < -0.4 is 0 Å². The minimum Gasteiger partial charge on any atom is -0.465 e. The minimum atomic E-state index is -1.04. The number of hydrogen-bond acceptors (Lipinski definition) is 4. The van der Waals surface area contributed by atoms with Gasteiger partial charge in [0.15, 0.2) is 0 Å². The summed E-state index contributed by atoms with van der Waals surface area (Å²) in [6.07, 6.45) is 5.47. The molecule has 0 radical (unpaired) electrons. The molecule has 1 atom stereocenters. The number of esters is 1. The van der Waals surface area contributed by atoms with Gasteiger partial charge in [0.1, 0.15) is 11.2 Å². The summed E-state index contributed by atoms with van der Waals surface area (Å²) in [5.74, 6) is -0.504. The van der Waals surface area contributed by atoms with Crippen LogP contribution in [0.5, 0.6) is 0 Å². The van der Waals surface area contributed by atoms with Gasteiger partial charge in [0.05, 0.1) is 6.61 Å². The van der Waals surface area contributed by atoms with Gasteiger partial charge in [0.25, 0.3) is 0 Å². The summed E-state index contributed by atoms with van der Waals surface area (Å²) in [5, 5.41) is 3.92. The zero-order chi connectivity index (χ0) is 13.0. The number of allylic oxidation sites excluding steroid dienone is 1. The van der Waals surface area contributed by atoms with Crippen molar-refractivity contribution in [1.82, 2.24) is 0 Å². The highest BCUT2D eigenvalue weighted by atomic mass is 32.1. The standard InChI is InChI=1S/C14H16O3S/c1-11(15)14(9-12-5-8-18-10-12)6-3-2-4-7-17-13(14)16/h2-3,5,8,10H,4,6-7,9H2,1H3/b3-2-/t14-/m0/s1. The van der Waals surface area contributed by atoms with Crippen molar-refractivity contribution in [2.45, 2.75) is 26.2 Å². The molecule has 0 unspecified atom stereocenters. The second kappa shape index (κ2) is 5.48. The third kappa shape index (κ3) is 2.53.